The van der Waals surface area contributed by atoms with Gasteiger partial charge in [-0.15, -0.1) is 12.4 Å². The molecule has 2 amide bonds. The maximum atomic E-state index is 13.3. The Kier molecular flexibility index (Phi) is 6.49. The van der Waals surface area contributed by atoms with Crippen LogP contribution in [0.15, 0.2) is 18.2 Å². The molecule has 0 bridgehead atoms. The summed E-state index contributed by atoms with van der Waals surface area (Å²) in [5.41, 5.74) is -0.663. The largest absolute Gasteiger partial charge is 0.336 e. The number of nitro groups is 1. The second-order valence-electron chi connectivity index (χ2n) is 6.23. The molecule has 0 spiro atoms. The van der Waals surface area contributed by atoms with Gasteiger partial charge in [0.05, 0.1) is 17.5 Å². The van der Waals surface area contributed by atoms with E-state index in [0.29, 0.717) is 32.6 Å². The van der Waals surface area contributed by atoms with Crippen molar-refractivity contribution in [2.24, 2.45) is 0 Å². The maximum Gasteiger partial charge on any atom is 0.285 e. The summed E-state index contributed by atoms with van der Waals surface area (Å²) in [6.07, 6.45) is 1.50. The van der Waals surface area contributed by atoms with Gasteiger partial charge in [-0.2, -0.15) is 0 Å². The number of rotatable bonds is 3. The molecule has 2 aliphatic heterocycles. The Balaban J connectivity index is 0.00000243. The van der Waals surface area contributed by atoms with Crippen LogP contribution in [0.5, 0.6) is 0 Å². The van der Waals surface area contributed by atoms with Gasteiger partial charge >= 0.3 is 0 Å². The average molecular weight is 387 g/mol. The van der Waals surface area contributed by atoms with E-state index in [4.69, 9.17) is 0 Å². The summed E-state index contributed by atoms with van der Waals surface area (Å²) < 4.78 is 13.3. The number of carbonyl (C=O) groups is 2. The van der Waals surface area contributed by atoms with Crippen molar-refractivity contribution in [3.05, 3.63) is 39.7 Å². The van der Waals surface area contributed by atoms with E-state index in [1.54, 1.807) is 4.90 Å². The smallest absolute Gasteiger partial charge is 0.285 e. The maximum absolute atomic E-state index is 13.3. The normalized spacial score (nSPS) is 20.5. The highest BCUT2D eigenvalue weighted by Crippen LogP contribution is 2.24. The Morgan fingerprint density at radius 2 is 2.12 bits per heavy atom. The predicted molar refractivity (Wildman–Crippen MR) is 93.8 cm³/mol. The zero-order valence-corrected chi connectivity index (χ0v) is 14.8. The Labute approximate surface area is 155 Å². The Morgan fingerprint density at radius 1 is 1.35 bits per heavy atom. The number of benzene rings is 1. The van der Waals surface area contributed by atoms with Gasteiger partial charge in [0.25, 0.3) is 11.6 Å². The first kappa shape index (κ1) is 20.1. The molecule has 3 rings (SSSR count). The van der Waals surface area contributed by atoms with Gasteiger partial charge in [0.15, 0.2) is 0 Å². The van der Waals surface area contributed by atoms with Gasteiger partial charge in [0, 0.05) is 32.2 Å². The highest BCUT2D eigenvalue weighted by atomic mass is 35.5. The van der Waals surface area contributed by atoms with Gasteiger partial charge in [-0.1, -0.05) is 0 Å². The lowest BCUT2D eigenvalue weighted by Crippen LogP contribution is -2.57. The lowest BCUT2D eigenvalue weighted by molar-refractivity contribution is -0.385. The average Bonchev–Trinajstić information content (AvgIpc) is 2.61. The molecule has 1 N–H and O–H groups in total. The third kappa shape index (κ3) is 4.10. The van der Waals surface area contributed by atoms with Gasteiger partial charge in [-0.05, 0) is 25.0 Å². The van der Waals surface area contributed by atoms with Gasteiger partial charge in [0.1, 0.15) is 11.4 Å². The molecule has 2 aliphatic rings. The summed E-state index contributed by atoms with van der Waals surface area (Å²) in [5, 5.41) is 14.1. The molecule has 2 fully saturated rings. The van der Waals surface area contributed by atoms with E-state index < -0.39 is 22.3 Å². The monoisotopic (exact) mass is 386 g/mol. The third-order valence-corrected chi connectivity index (χ3v) is 4.64. The summed E-state index contributed by atoms with van der Waals surface area (Å²) in [4.78, 5) is 38.4. The standard InChI is InChI=1S/C16H19FN4O4.ClH/c17-11-3-4-13(14(8-11)21(24)25)16(23)19-6-1-2-12(10-19)20-7-5-18-9-15(20)22;/h3-4,8,12,18H,1-2,5-7,9-10H2;1H. The van der Waals surface area contributed by atoms with Crippen molar-refractivity contribution in [2.75, 3.05) is 32.7 Å². The van der Waals surface area contributed by atoms with Crippen molar-refractivity contribution in [1.82, 2.24) is 15.1 Å². The quantitative estimate of drug-likeness (QED) is 0.622. The van der Waals surface area contributed by atoms with Gasteiger partial charge in [0.2, 0.25) is 5.91 Å². The molecule has 0 aromatic heterocycles. The molecular weight excluding hydrogens is 367 g/mol. The Morgan fingerprint density at radius 3 is 2.81 bits per heavy atom. The highest BCUT2D eigenvalue weighted by molar-refractivity contribution is 5.98. The molecule has 142 valence electrons. The lowest BCUT2D eigenvalue weighted by Gasteiger charge is -2.41. The number of piperidine rings is 1. The molecule has 26 heavy (non-hydrogen) atoms. The second kappa shape index (κ2) is 8.41. The van der Waals surface area contributed by atoms with Crippen LogP contribution in [0.1, 0.15) is 23.2 Å². The fourth-order valence-electron chi connectivity index (χ4n) is 3.41. The van der Waals surface area contributed by atoms with Crippen molar-refractivity contribution >= 4 is 29.9 Å². The number of piperazine rings is 1. The lowest BCUT2D eigenvalue weighted by atomic mass is 10.0. The SMILES string of the molecule is Cl.O=C(c1ccc(F)cc1[N+](=O)[O-])N1CCCC(N2CCNCC2=O)C1. The first-order valence-electron chi connectivity index (χ1n) is 8.21. The number of hydrogen-bond donors (Lipinski definition) is 1. The third-order valence-electron chi connectivity index (χ3n) is 4.64. The minimum Gasteiger partial charge on any atom is -0.336 e. The minimum atomic E-state index is -0.758. The van der Waals surface area contributed by atoms with E-state index in [1.165, 1.54) is 4.90 Å². The number of nitro benzene ring substituents is 1. The van der Waals surface area contributed by atoms with Crippen molar-refractivity contribution in [3.63, 3.8) is 0 Å². The topological polar surface area (TPSA) is 95.8 Å². The summed E-state index contributed by atoms with van der Waals surface area (Å²) in [6, 6.07) is 2.86. The molecule has 2 saturated heterocycles. The van der Waals surface area contributed by atoms with E-state index in [1.807, 2.05) is 0 Å². The highest BCUT2D eigenvalue weighted by Gasteiger charge is 2.33. The van der Waals surface area contributed by atoms with Crippen LogP contribution in [0.4, 0.5) is 10.1 Å². The van der Waals surface area contributed by atoms with Crippen LogP contribution in [0.3, 0.4) is 0 Å². The fourth-order valence-corrected chi connectivity index (χ4v) is 3.41. The molecule has 1 atom stereocenters. The number of hydrogen-bond acceptors (Lipinski definition) is 5. The number of nitrogens with one attached hydrogen (secondary N) is 1. The number of amides is 2. The van der Waals surface area contributed by atoms with Crippen molar-refractivity contribution < 1.29 is 18.9 Å². The molecule has 0 aliphatic carbocycles. The summed E-state index contributed by atoms with van der Waals surface area (Å²) in [7, 11) is 0. The van der Waals surface area contributed by atoms with E-state index >= 15 is 0 Å². The van der Waals surface area contributed by atoms with Crippen LogP contribution in [-0.2, 0) is 4.79 Å². The summed E-state index contributed by atoms with van der Waals surface area (Å²) >= 11 is 0. The van der Waals surface area contributed by atoms with E-state index in [-0.39, 0.29) is 36.5 Å². The van der Waals surface area contributed by atoms with E-state index in [2.05, 4.69) is 5.32 Å². The fraction of sp³-hybridized carbons (Fsp3) is 0.500. The van der Waals surface area contributed by atoms with Crippen molar-refractivity contribution in [1.29, 1.82) is 0 Å². The number of likely N-dealkylation sites (tertiary alicyclic amines) is 1. The van der Waals surface area contributed by atoms with Crippen LogP contribution in [0, 0.1) is 15.9 Å². The van der Waals surface area contributed by atoms with Crippen molar-refractivity contribution in [3.8, 4) is 0 Å². The van der Waals surface area contributed by atoms with Crippen LogP contribution in [0.2, 0.25) is 0 Å². The Bertz CT molecular complexity index is 717. The first-order chi connectivity index (χ1) is 12.0. The van der Waals surface area contributed by atoms with E-state index in [9.17, 15) is 24.1 Å². The van der Waals surface area contributed by atoms with Gasteiger partial charge in [-0.3, -0.25) is 19.7 Å². The molecule has 1 aromatic carbocycles. The number of halogens is 2. The Hall–Kier alpha value is -2.26. The number of carbonyl (C=O) groups excluding carboxylic acids is 2. The number of nitrogens with zero attached hydrogens (tertiary/aromatic N) is 3. The molecule has 1 unspecified atom stereocenters. The zero-order chi connectivity index (χ0) is 18.0. The van der Waals surface area contributed by atoms with Gasteiger partial charge in [-0.25, -0.2) is 4.39 Å². The van der Waals surface area contributed by atoms with Crippen LogP contribution in [-0.4, -0.2) is 65.3 Å². The van der Waals surface area contributed by atoms with E-state index in [0.717, 1.165) is 24.6 Å². The molecule has 1 aromatic rings. The predicted octanol–water partition coefficient (Wildman–Crippen LogP) is 1.19. The summed E-state index contributed by atoms with van der Waals surface area (Å²) in [6.45, 7) is 2.37. The second-order valence-corrected chi connectivity index (χ2v) is 6.23. The van der Waals surface area contributed by atoms with Crippen molar-refractivity contribution in [2.45, 2.75) is 18.9 Å². The molecule has 10 heteroatoms. The van der Waals surface area contributed by atoms with Crippen LogP contribution >= 0.6 is 12.4 Å². The minimum absolute atomic E-state index is 0. The first-order valence-corrected chi connectivity index (χ1v) is 8.21. The zero-order valence-electron chi connectivity index (χ0n) is 14.0. The molecule has 0 radical (unpaired) electrons. The van der Waals surface area contributed by atoms with Crippen LogP contribution in [0.25, 0.3) is 0 Å². The van der Waals surface area contributed by atoms with Gasteiger partial charge < -0.3 is 15.1 Å². The summed E-state index contributed by atoms with van der Waals surface area (Å²) in [5.74, 6) is -1.26. The molecule has 8 nitrogen and oxygen atoms in total. The van der Waals surface area contributed by atoms with Crippen LogP contribution < -0.4 is 5.32 Å². The molecule has 2 heterocycles. The molecule has 0 saturated carbocycles. The molecular formula is C16H20ClFN4O4.